The minimum absolute atomic E-state index is 0.150. The van der Waals surface area contributed by atoms with Crippen LogP contribution >= 0.6 is 0 Å². The van der Waals surface area contributed by atoms with E-state index in [4.69, 9.17) is 9.57 Å². The summed E-state index contributed by atoms with van der Waals surface area (Å²) >= 11 is 0. The summed E-state index contributed by atoms with van der Waals surface area (Å²) in [5.41, 5.74) is 1.75. The molecule has 0 aromatic heterocycles. The van der Waals surface area contributed by atoms with Crippen molar-refractivity contribution in [2.45, 2.75) is 12.1 Å². The summed E-state index contributed by atoms with van der Waals surface area (Å²) < 4.78 is 4.76. The van der Waals surface area contributed by atoms with Crippen LogP contribution in [0.2, 0.25) is 0 Å². The van der Waals surface area contributed by atoms with Crippen molar-refractivity contribution >= 4 is 34.8 Å². The molecular formula is C25H19N3O7. The molecule has 0 radical (unpaired) electrons. The van der Waals surface area contributed by atoms with Gasteiger partial charge in [0.25, 0.3) is 11.6 Å². The lowest BCUT2D eigenvalue weighted by atomic mass is 9.90. The van der Waals surface area contributed by atoms with Gasteiger partial charge in [-0.05, 0) is 42.0 Å². The van der Waals surface area contributed by atoms with Crippen LogP contribution in [0.15, 0.2) is 78.9 Å². The second-order valence-electron chi connectivity index (χ2n) is 8.06. The van der Waals surface area contributed by atoms with Crippen LogP contribution in [0.5, 0.6) is 0 Å². The van der Waals surface area contributed by atoms with Crippen molar-refractivity contribution < 1.29 is 28.9 Å². The van der Waals surface area contributed by atoms with Crippen molar-refractivity contribution in [1.82, 2.24) is 0 Å². The third-order valence-corrected chi connectivity index (χ3v) is 6.12. The lowest BCUT2D eigenvalue weighted by Gasteiger charge is -2.28. The molecule has 10 heteroatoms. The number of esters is 1. The van der Waals surface area contributed by atoms with Crippen LogP contribution in [-0.4, -0.2) is 35.9 Å². The van der Waals surface area contributed by atoms with E-state index in [9.17, 15) is 24.5 Å². The highest BCUT2D eigenvalue weighted by Crippen LogP contribution is 2.47. The number of amides is 2. The molecule has 35 heavy (non-hydrogen) atoms. The zero-order chi connectivity index (χ0) is 24.7. The summed E-state index contributed by atoms with van der Waals surface area (Å²) in [7, 11) is 1.29. The number of imide groups is 1. The Kier molecular flexibility index (Phi) is 5.50. The summed E-state index contributed by atoms with van der Waals surface area (Å²) in [6.45, 7) is 0. The average Bonchev–Trinajstić information content (AvgIpc) is 3.40. The molecule has 0 aliphatic carbocycles. The Morgan fingerprint density at radius 1 is 0.914 bits per heavy atom. The minimum atomic E-state index is -1.08. The average molecular weight is 473 g/mol. The highest BCUT2D eigenvalue weighted by Gasteiger charge is 2.60. The molecule has 176 valence electrons. The van der Waals surface area contributed by atoms with E-state index >= 15 is 0 Å². The van der Waals surface area contributed by atoms with E-state index in [-0.39, 0.29) is 11.4 Å². The first-order valence-corrected chi connectivity index (χ1v) is 10.7. The number of anilines is 2. The maximum atomic E-state index is 13.6. The third-order valence-electron chi connectivity index (χ3n) is 6.12. The first-order chi connectivity index (χ1) is 16.9. The second kappa shape index (κ2) is 8.65. The number of ether oxygens (including phenoxy) is 1. The van der Waals surface area contributed by atoms with E-state index in [2.05, 4.69) is 0 Å². The first-order valence-electron chi connectivity index (χ1n) is 10.7. The van der Waals surface area contributed by atoms with Crippen molar-refractivity contribution in [2.24, 2.45) is 5.92 Å². The molecule has 0 unspecified atom stereocenters. The summed E-state index contributed by atoms with van der Waals surface area (Å²) in [6, 6.07) is 20.2. The van der Waals surface area contributed by atoms with E-state index in [0.29, 0.717) is 16.8 Å². The van der Waals surface area contributed by atoms with Gasteiger partial charge in [-0.25, -0.2) is 14.8 Å². The number of nitro benzene ring substituents is 1. The van der Waals surface area contributed by atoms with Gasteiger partial charge in [-0.15, -0.1) is 0 Å². The van der Waals surface area contributed by atoms with Crippen LogP contribution in [-0.2, 0) is 19.2 Å². The molecule has 2 saturated heterocycles. The van der Waals surface area contributed by atoms with E-state index in [1.807, 2.05) is 18.2 Å². The SMILES string of the molecule is COC(=O)c1ccc([C@H]2[C@H]3C(=O)N(c4ccc([N+](=O)[O-])cc4)C(=O)[C@@H]3ON2c2ccccc2)cc1. The molecule has 2 amide bonds. The zero-order valence-electron chi connectivity index (χ0n) is 18.4. The zero-order valence-corrected chi connectivity index (χ0v) is 18.4. The van der Waals surface area contributed by atoms with Crippen LogP contribution in [0.1, 0.15) is 22.0 Å². The van der Waals surface area contributed by atoms with Crippen molar-refractivity contribution in [3.05, 3.63) is 100 Å². The van der Waals surface area contributed by atoms with Crippen LogP contribution in [0.4, 0.5) is 17.1 Å². The first kappa shape index (κ1) is 22.2. The van der Waals surface area contributed by atoms with E-state index in [1.54, 1.807) is 41.5 Å². The monoisotopic (exact) mass is 473 g/mol. The fourth-order valence-electron chi connectivity index (χ4n) is 4.46. The number of methoxy groups -OCH3 is 1. The maximum absolute atomic E-state index is 13.6. The number of hydrogen-bond donors (Lipinski definition) is 0. The van der Waals surface area contributed by atoms with Gasteiger partial charge in [0.2, 0.25) is 5.91 Å². The number of non-ortho nitro benzene ring substituents is 1. The topological polar surface area (TPSA) is 119 Å². The molecule has 2 aliphatic heterocycles. The molecule has 0 N–H and O–H groups in total. The molecule has 2 fully saturated rings. The molecular weight excluding hydrogens is 454 g/mol. The van der Waals surface area contributed by atoms with Crippen LogP contribution in [0.25, 0.3) is 0 Å². The molecule has 10 nitrogen and oxygen atoms in total. The van der Waals surface area contributed by atoms with Gasteiger partial charge in [0.05, 0.1) is 35.0 Å². The number of para-hydroxylation sites is 1. The Balaban J connectivity index is 1.54. The van der Waals surface area contributed by atoms with E-state index < -0.39 is 40.8 Å². The van der Waals surface area contributed by atoms with Gasteiger partial charge < -0.3 is 4.74 Å². The number of rotatable bonds is 5. The number of nitro groups is 1. The van der Waals surface area contributed by atoms with Crippen molar-refractivity contribution in [3.8, 4) is 0 Å². The Labute approximate surface area is 199 Å². The third kappa shape index (κ3) is 3.69. The van der Waals surface area contributed by atoms with Crippen molar-refractivity contribution in [3.63, 3.8) is 0 Å². The van der Waals surface area contributed by atoms with Gasteiger partial charge >= 0.3 is 5.97 Å². The summed E-state index contributed by atoms with van der Waals surface area (Å²) in [5, 5.41) is 12.5. The Bertz CT molecular complexity index is 1310. The van der Waals surface area contributed by atoms with Gasteiger partial charge in [-0.2, -0.15) is 0 Å². The van der Waals surface area contributed by atoms with Gasteiger partial charge in [0.15, 0.2) is 6.10 Å². The molecule has 2 heterocycles. The number of benzene rings is 3. The molecule has 2 aliphatic rings. The molecule has 3 aromatic carbocycles. The number of fused-ring (bicyclic) bond motifs is 1. The van der Waals surface area contributed by atoms with E-state index in [1.165, 1.54) is 31.4 Å². The van der Waals surface area contributed by atoms with Gasteiger partial charge in [0.1, 0.15) is 5.92 Å². The molecule has 0 saturated carbocycles. The van der Waals surface area contributed by atoms with Crippen LogP contribution < -0.4 is 9.96 Å². The van der Waals surface area contributed by atoms with Gasteiger partial charge in [0, 0.05) is 12.1 Å². The highest BCUT2D eigenvalue weighted by molar-refractivity contribution is 6.24. The number of hydrogen-bond acceptors (Lipinski definition) is 8. The number of hydroxylamine groups is 1. The highest BCUT2D eigenvalue weighted by atomic mass is 16.7. The Morgan fingerprint density at radius 3 is 2.17 bits per heavy atom. The van der Waals surface area contributed by atoms with Gasteiger partial charge in [-0.3, -0.25) is 24.5 Å². The fraction of sp³-hybridized carbons (Fsp3) is 0.160. The lowest BCUT2D eigenvalue weighted by molar-refractivity contribution is -0.384. The van der Waals surface area contributed by atoms with E-state index in [0.717, 1.165) is 4.90 Å². The summed E-state index contributed by atoms with van der Waals surface area (Å²) in [5.74, 6) is -2.40. The van der Waals surface area contributed by atoms with Crippen molar-refractivity contribution in [1.29, 1.82) is 0 Å². The predicted octanol–water partition coefficient (Wildman–Crippen LogP) is 3.43. The van der Waals surface area contributed by atoms with Gasteiger partial charge in [-0.1, -0.05) is 30.3 Å². The molecule has 3 atom stereocenters. The second-order valence-corrected chi connectivity index (χ2v) is 8.06. The molecule has 0 bridgehead atoms. The van der Waals surface area contributed by atoms with Crippen molar-refractivity contribution in [2.75, 3.05) is 17.1 Å². The Hall–Kier alpha value is -4.57. The molecule has 5 rings (SSSR count). The predicted molar refractivity (Wildman–Crippen MR) is 123 cm³/mol. The minimum Gasteiger partial charge on any atom is -0.465 e. The number of nitrogens with zero attached hydrogens (tertiary/aromatic N) is 3. The largest absolute Gasteiger partial charge is 0.465 e. The number of carbonyl (C=O) groups excluding carboxylic acids is 3. The van der Waals surface area contributed by atoms with Crippen LogP contribution in [0, 0.1) is 16.0 Å². The number of carbonyl (C=O) groups is 3. The maximum Gasteiger partial charge on any atom is 0.337 e. The van der Waals surface area contributed by atoms with Crippen LogP contribution in [0.3, 0.4) is 0 Å². The Morgan fingerprint density at radius 2 is 1.57 bits per heavy atom. The molecule has 3 aromatic rings. The quantitative estimate of drug-likeness (QED) is 0.239. The fourth-order valence-corrected chi connectivity index (χ4v) is 4.46. The standard InChI is InChI=1S/C25H19N3O7/c1-34-25(31)16-9-7-15(8-10-16)21-20-22(35-27(21)18-5-3-2-4-6-18)24(30)26(23(20)29)17-11-13-19(14-12-17)28(32)33/h2-14,20-22H,1H3/t20-,21+,22-/m1/s1. The normalized spacial score (nSPS) is 21.2. The summed E-state index contributed by atoms with van der Waals surface area (Å²) in [6.07, 6.45) is -1.08. The summed E-state index contributed by atoms with van der Waals surface area (Å²) in [4.78, 5) is 56.3. The lowest BCUT2D eigenvalue weighted by Crippen LogP contribution is -2.37. The molecule has 0 spiro atoms. The smallest absolute Gasteiger partial charge is 0.337 e.